The number of hydrogen-bond acceptors (Lipinski definition) is 3. The number of likely N-dealkylation sites (tertiary alicyclic amines) is 1. The van der Waals surface area contributed by atoms with Crippen molar-refractivity contribution in [3.8, 4) is 0 Å². The van der Waals surface area contributed by atoms with E-state index in [2.05, 4.69) is 22.0 Å². The van der Waals surface area contributed by atoms with E-state index < -0.39 is 0 Å². The van der Waals surface area contributed by atoms with E-state index in [-0.39, 0.29) is 0 Å². The van der Waals surface area contributed by atoms with Crippen LogP contribution in [0.2, 0.25) is 0 Å². The summed E-state index contributed by atoms with van der Waals surface area (Å²) in [5.41, 5.74) is 0. The summed E-state index contributed by atoms with van der Waals surface area (Å²) in [7, 11) is 0. The summed E-state index contributed by atoms with van der Waals surface area (Å²) < 4.78 is 0. The van der Waals surface area contributed by atoms with Crippen LogP contribution in [0.25, 0.3) is 0 Å². The van der Waals surface area contributed by atoms with Gasteiger partial charge in [0.2, 0.25) is 0 Å². The van der Waals surface area contributed by atoms with E-state index in [1.54, 1.807) is 0 Å². The Kier molecular flexibility index (Phi) is 5.75. The summed E-state index contributed by atoms with van der Waals surface area (Å²) in [5.74, 6) is 0. The highest BCUT2D eigenvalue weighted by Gasteiger charge is 2.17. The molecule has 2 aliphatic heterocycles. The van der Waals surface area contributed by atoms with Gasteiger partial charge in [0.1, 0.15) is 0 Å². The van der Waals surface area contributed by atoms with E-state index in [4.69, 9.17) is 0 Å². The van der Waals surface area contributed by atoms with Crippen LogP contribution in [0.15, 0.2) is 0 Å². The maximum atomic E-state index is 3.66. The van der Waals surface area contributed by atoms with Crippen molar-refractivity contribution in [1.29, 1.82) is 0 Å². The smallest absolute Gasteiger partial charge is 0.0195 e. The maximum Gasteiger partial charge on any atom is 0.0195 e. The fraction of sp³-hybridized carbons (Fsp3) is 1.00. The highest BCUT2D eigenvalue weighted by atomic mass is 15.2. The lowest BCUT2D eigenvalue weighted by molar-refractivity contribution is 0.203. The Morgan fingerprint density at radius 1 is 1.18 bits per heavy atom. The number of likely N-dealkylation sites (N-methyl/N-ethyl adjacent to an activating group) is 1. The molecule has 0 aromatic carbocycles. The Balaban J connectivity index is 1.64. The van der Waals surface area contributed by atoms with Crippen molar-refractivity contribution in [1.82, 2.24) is 15.1 Å². The van der Waals surface area contributed by atoms with Crippen LogP contribution >= 0.6 is 0 Å². The second kappa shape index (κ2) is 7.34. The van der Waals surface area contributed by atoms with Gasteiger partial charge < -0.3 is 15.1 Å². The Bertz CT molecular complexity index is 196. The second-order valence-corrected chi connectivity index (χ2v) is 5.59. The quantitative estimate of drug-likeness (QED) is 0.758. The average Bonchev–Trinajstić information content (AvgIpc) is 2.89. The molecule has 1 unspecified atom stereocenters. The molecule has 0 aromatic heterocycles. The van der Waals surface area contributed by atoms with Gasteiger partial charge in [0.15, 0.2) is 0 Å². The number of hydrogen-bond donors (Lipinski definition) is 1. The SMILES string of the molecule is CCN(CCN1CCCC1)CC1CCCCN1. The molecule has 3 heteroatoms. The van der Waals surface area contributed by atoms with Gasteiger partial charge in [-0.1, -0.05) is 13.3 Å². The van der Waals surface area contributed by atoms with Gasteiger partial charge in [-0.3, -0.25) is 0 Å². The Labute approximate surface area is 107 Å². The van der Waals surface area contributed by atoms with Crippen molar-refractivity contribution in [3.05, 3.63) is 0 Å². The van der Waals surface area contributed by atoms with Gasteiger partial charge in [0.05, 0.1) is 0 Å². The summed E-state index contributed by atoms with van der Waals surface area (Å²) in [4.78, 5) is 5.25. The Morgan fingerprint density at radius 3 is 2.65 bits per heavy atom. The fourth-order valence-corrected chi connectivity index (χ4v) is 3.06. The lowest BCUT2D eigenvalue weighted by Gasteiger charge is -2.30. The average molecular weight is 239 g/mol. The minimum absolute atomic E-state index is 0.752. The summed E-state index contributed by atoms with van der Waals surface area (Å²) >= 11 is 0. The van der Waals surface area contributed by atoms with Crippen LogP contribution < -0.4 is 5.32 Å². The van der Waals surface area contributed by atoms with Crippen molar-refractivity contribution in [2.45, 2.75) is 45.1 Å². The van der Waals surface area contributed by atoms with Gasteiger partial charge in [0.25, 0.3) is 0 Å². The molecule has 3 nitrogen and oxygen atoms in total. The summed E-state index contributed by atoms with van der Waals surface area (Å²) in [5, 5.41) is 3.66. The van der Waals surface area contributed by atoms with E-state index >= 15 is 0 Å². The monoisotopic (exact) mass is 239 g/mol. The third-order valence-corrected chi connectivity index (χ3v) is 4.27. The number of nitrogens with one attached hydrogen (secondary N) is 1. The number of nitrogens with zero attached hydrogens (tertiary/aromatic N) is 2. The zero-order valence-electron chi connectivity index (χ0n) is 11.5. The summed E-state index contributed by atoms with van der Waals surface area (Å²) in [6.45, 7) is 11.2. The molecular weight excluding hydrogens is 210 g/mol. The summed E-state index contributed by atoms with van der Waals surface area (Å²) in [6, 6.07) is 0.752. The van der Waals surface area contributed by atoms with Crippen LogP contribution in [0, 0.1) is 0 Å². The molecule has 2 fully saturated rings. The van der Waals surface area contributed by atoms with Gasteiger partial charge in [-0.15, -0.1) is 0 Å². The first kappa shape index (κ1) is 13.3. The molecule has 0 radical (unpaired) electrons. The van der Waals surface area contributed by atoms with Gasteiger partial charge in [-0.25, -0.2) is 0 Å². The fourth-order valence-electron chi connectivity index (χ4n) is 3.06. The van der Waals surface area contributed by atoms with E-state index in [1.165, 1.54) is 77.9 Å². The normalized spacial score (nSPS) is 26.8. The molecular formula is C14H29N3. The van der Waals surface area contributed by atoms with Crippen molar-refractivity contribution in [2.75, 3.05) is 45.8 Å². The molecule has 0 bridgehead atoms. The van der Waals surface area contributed by atoms with Gasteiger partial charge in [0, 0.05) is 25.7 Å². The molecule has 2 saturated heterocycles. The van der Waals surface area contributed by atoms with Crippen LogP contribution in [-0.4, -0.2) is 61.7 Å². The maximum absolute atomic E-state index is 3.66. The second-order valence-electron chi connectivity index (χ2n) is 5.59. The van der Waals surface area contributed by atoms with Crippen LogP contribution in [0.1, 0.15) is 39.0 Å². The molecule has 0 saturated carbocycles. The van der Waals surface area contributed by atoms with Crippen molar-refractivity contribution >= 4 is 0 Å². The third kappa shape index (κ3) is 4.57. The molecule has 0 aliphatic carbocycles. The highest BCUT2D eigenvalue weighted by Crippen LogP contribution is 2.10. The van der Waals surface area contributed by atoms with E-state index in [1.807, 2.05) is 0 Å². The topological polar surface area (TPSA) is 18.5 Å². The molecule has 100 valence electrons. The number of rotatable bonds is 6. The van der Waals surface area contributed by atoms with Crippen LogP contribution in [0.5, 0.6) is 0 Å². The zero-order valence-corrected chi connectivity index (χ0v) is 11.5. The van der Waals surface area contributed by atoms with E-state index in [0.717, 1.165) is 6.04 Å². The lowest BCUT2D eigenvalue weighted by Crippen LogP contribution is -2.45. The predicted molar refractivity (Wildman–Crippen MR) is 73.4 cm³/mol. The molecule has 0 amide bonds. The molecule has 2 heterocycles. The predicted octanol–water partition coefficient (Wildman–Crippen LogP) is 1.55. The van der Waals surface area contributed by atoms with Gasteiger partial charge in [-0.2, -0.15) is 0 Å². The first-order valence-electron chi connectivity index (χ1n) is 7.56. The van der Waals surface area contributed by atoms with Gasteiger partial charge in [-0.05, 0) is 51.9 Å². The standard InChI is InChI=1S/C14H29N3/c1-2-16(11-12-17-9-5-6-10-17)13-14-7-3-4-8-15-14/h14-15H,2-13H2,1H3. The molecule has 17 heavy (non-hydrogen) atoms. The molecule has 0 spiro atoms. The number of piperidine rings is 1. The zero-order chi connectivity index (χ0) is 11.9. The van der Waals surface area contributed by atoms with Crippen molar-refractivity contribution in [3.63, 3.8) is 0 Å². The molecule has 0 aromatic rings. The Hall–Kier alpha value is -0.120. The minimum atomic E-state index is 0.752. The van der Waals surface area contributed by atoms with Crippen molar-refractivity contribution in [2.24, 2.45) is 0 Å². The minimum Gasteiger partial charge on any atom is -0.313 e. The molecule has 2 aliphatic rings. The van der Waals surface area contributed by atoms with Crippen LogP contribution in [0.4, 0.5) is 0 Å². The van der Waals surface area contributed by atoms with Crippen LogP contribution in [-0.2, 0) is 0 Å². The van der Waals surface area contributed by atoms with E-state index in [9.17, 15) is 0 Å². The lowest BCUT2D eigenvalue weighted by atomic mass is 10.0. The Morgan fingerprint density at radius 2 is 2.00 bits per heavy atom. The first-order valence-corrected chi connectivity index (χ1v) is 7.56. The molecule has 1 N–H and O–H groups in total. The van der Waals surface area contributed by atoms with Gasteiger partial charge >= 0.3 is 0 Å². The highest BCUT2D eigenvalue weighted by molar-refractivity contribution is 4.77. The largest absolute Gasteiger partial charge is 0.313 e. The summed E-state index contributed by atoms with van der Waals surface area (Å²) in [6.07, 6.45) is 6.99. The molecule has 2 rings (SSSR count). The van der Waals surface area contributed by atoms with E-state index in [0.29, 0.717) is 0 Å². The first-order chi connectivity index (χ1) is 8.38. The van der Waals surface area contributed by atoms with Crippen molar-refractivity contribution < 1.29 is 0 Å². The molecule has 1 atom stereocenters. The third-order valence-electron chi connectivity index (χ3n) is 4.27. The van der Waals surface area contributed by atoms with Crippen LogP contribution in [0.3, 0.4) is 0 Å².